The quantitative estimate of drug-likeness (QED) is 0.637. The minimum atomic E-state index is -0.404. The van der Waals surface area contributed by atoms with Crippen molar-refractivity contribution in [2.45, 2.75) is 44.0 Å². The van der Waals surface area contributed by atoms with Crippen molar-refractivity contribution in [2.75, 3.05) is 13.2 Å². The van der Waals surface area contributed by atoms with Gasteiger partial charge in [0, 0.05) is 12.3 Å². The summed E-state index contributed by atoms with van der Waals surface area (Å²) in [4.78, 5) is 0. The molecule has 3 atom stereocenters. The molecule has 2 saturated carbocycles. The molecule has 0 unspecified atom stereocenters. The Bertz CT molecular complexity index is 221. The Morgan fingerprint density at radius 1 is 1.07 bits per heavy atom. The van der Waals surface area contributed by atoms with Gasteiger partial charge in [-0.15, -0.1) is 0 Å². The molecule has 14 heavy (non-hydrogen) atoms. The van der Waals surface area contributed by atoms with Gasteiger partial charge in [0.2, 0.25) is 0 Å². The van der Waals surface area contributed by atoms with Gasteiger partial charge in [0.15, 0.2) is 5.79 Å². The first-order valence-corrected chi connectivity index (χ1v) is 5.78. The molecule has 1 heterocycles. The first-order valence-electron chi connectivity index (χ1n) is 5.78. The van der Waals surface area contributed by atoms with Crippen LogP contribution in [-0.4, -0.2) is 30.2 Å². The fourth-order valence-corrected chi connectivity index (χ4v) is 3.62. The van der Waals surface area contributed by atoms with Crippen LogP contribution in [0.15, 0.2) is 0 Å². The SMILES string of the molecule is O[C@H]1CC[C@@H]2CCCC3(OCCO3)[C@@H]21. The van der Waals surface area contributed by atoms with E-state index in [0.29, 0.717) is 19.1 Å². The monoisotopic (exact) mass is 198 g/mol. The van der Waals surface area contributed by atoms with E-state index in [-0.39, 0.29) is 12.0 Å². The highest BCUT2D eigenvalue weighted by atomic mass is 16.7. The summed E-state index contributed by atoms with van der Waals surface area (Å²) < 4.78 is 11.6. The highest BCUT2D eigenvalue weighted by molar-refractivity contribution is 4.99. The Balaban J connectivity index is 1.88. The van der Waals surface area contributed by atoms with Crippen LogP contribution < -0.4 is 0 Å². The van der Waals surface area contributed by atoms with E-state index in [1.165, 1.54) is 12.8 Å². The molecule has 3 rings (SSSR count). The maximum atomic E-state index is 9.99. The van der Waals surface area contributed by atoms with E-state index in [2.05, 4.69) is 0 Å². The summed E-state index contributed by atoms with van der Waals surface area (Å²) in [6.45, 7) is 1.41. The Kier molecular flexibility index (Phi) is 2.08. The van der Waals surface area contributed by atoms with Gasteiger partial charge in [-0.1, -0.05) is 0 Å². The van der Waals surface area contributed by atoms with Crippen LogP contribution in [0, 0.1) is 11.8 Å². The minimum absolute atomic E-state index is 0.196. The molecule has 0 radical (unpaired) electrons. The third-order valence-electron chi connectivity index (χ3n) is 4.14. The fraction of sp³-hybridized carbons (Fsp3) is 1.00. The number of rotatable bonds is 0. The number of ether oxygens (including phenoxy) is 2. The molecular weight excluding hydrogens is 180 g/mol. The van der Waals surface area contributed by atoms with Crippen molar-refractivity contribution in [1.29, 1.82) is 0 Å². The fourth-order valence-electron chi connectivity index (χ4n) is 3.62. The second kappa shape index (κ2) is 3.19. The molecule has 0 aromatic carbocycles. The van der Waals surface area contributed by atoms with Crippen LogP contribution in [-0.2, 0) is 9.47 Å². The average molecular weight is 198 g/mol. The first-order chi connectivity index (χ1) is 6.82. The van der Waals surface area contributed by atoms with Gasteiger partial charge in [-0.3, -0.25) is 0 Å². The zero-order valence-corrected chi connectivity index (χ0v) is 8.45. The molecule has 0 aromatic heterocycles. The molecule has 0 bridgehead atoms. The van der Waals surface area contributed by atoms with Gasteiger partial charge in [-0.25, -0.2) is 0 Å². The van der Waals surface area contributed by atoms with Crippen LogP contribution in [0.1, 0.15) is 32.1 Å². The molecule has 80 valence electrons. The van der Waals surface area contributed by atoms with Crippen LogP contribution in [0.25, 0.3) is 0 Å². The highest BCUT2D eigenvalue weighted by Gasteiger charge is 2.55. The summed E-state index contributed by atoms with van der Waals surface area (Å²) in [5, 5.41) is 9.99. The minimum Gasteiger partial charge on any atom is -0.393 e. The number of hydrogen-bond acceptors (Lipinski definition) is 3. The molecule has 1 N–H and O–H groups in total. The van der Waals surface area contributed by atoms with E-state index in [9.17, 15) is 5.11 Å². The third kappa shape index (κ3) is 1.16. The van der Waals surface area contributed by atoms with Crippen molar-refractivity contribution < 1.29 is 14.6 Å². The van der Waals surface area contributed by atoms with E-state index >= 15 is 0 Å². The smallest absolute Gasteiger partial charge is 0.174 e. The summed E-state index contributed by atoms with van der Waals surface area (Å²) in [5.41, 5.74) is 0. The van der Waals surface area contributed by atoms with Crippen molar-refractivity contribution in [3.8, 4) is 0 Å². The topological polar surface area (TPSA) is 38.7 Å². The molecule has 1 saturated heterocycles. The molecule has 2 aliphatic carbocycles. The van der Waals surface area contributed by atoms with Gasteiger partial charge in [0.05, 0.1) is 19.3 Å². The highest BCUT2D eigenvalue weighted by Crippen LogP contribution is 2.51. The summed E-state index contributed by atoms with van der Waals surface area (Å²) >= 11 is 0. The number of aliphatic hydroxyl groups is 1. The maximum Gasteiger partial charge on any atom is 0.174 e. The maximum absolute atomic E-state index is 9.99. The molecule has 3 aliphatic rings. The molecule has 1 aliphatic heterocycles. The van der Waals surface area contributed by atoms with Crippen molar-refractivity contribution in [3.63, 3.8) is 0 Å². The van der Waals surface area contributed by atoms with E-state index in [1.807, 2.05) is 0 Å². The van der Waals surface area contributed by atoms with Crippen LogP contribution in [0.4, 0.5) is 0 Å². The number of fused-ring (bicyclic) bond motifs is 2. The van der Waals surface area contributed by atoms with E-state index in [0.717, 1.165) is 19.3 Å². The number of hydrogen-bond donors (Lipinski definition) is 1. The van der Waals surface area contributed by atoms with Crippen LogP contribution in [0.2, 0.25) is 0 Å². The van der Waals surface area contributed by atoms with Crippen LogP contribution in [0.3, 0.4) is 0 Å². The zero-order valence-electron chi connectivity index (χ0n) is 8.45. The second-order valence-electron chi connectivity index (χ2n) is 4.83. The molecular formula is C11H18O3. The summed E-state index contributed by atoms with van der Waals surface area (Å²) in [5.74, 6) is 0.481. The van der Waals surface area contributed by atoms with E-state index < -0.39 is 5.79 Å². The van der Waals surface area contributed by atoms with Gasteiger partial charge in [0.1, 0.15) is 0 Å². The Morgan fingerprint density at radius 2 is 1.86 bits per heavy atom. The van der Waals surface area contributed by atoms with Gasteiger partial charge in [-0.2, -0.15) is 0 Å². The predicted octanol–water partition coefficient (Wildman–Crippen LogP) is 1.30. The van der Waals surface area contributed by atoms with Gasteiger partial charge in [0.25, 0.3) is 0 Å². The Morgan fingerprint density at radius 3 is 2.64 bits per heavy atom. The van der Waals surface area contributed by atoms with Crippen molar-refractivity contribution in [2.24, 2.45) is 11.8 Å². The molecule has 0 aromatic rings. The van der Waals surface area contributed by atoms with E-state index in [1.54, 1.807) is 0 Å². The molecule has 0 amide bonds. The Hall–Kier alpha value is -0.120. The lowest BCUT2D eigenvalue weighted by molar-refractivity contribution is -0.236. The zero-order chi connectivity index (χ0) is 9.60. The van der Waals surface area contributed by atoms with Gasteiger partial charge >= 0.3 is 0 Å². The summed E-state index contributed by atoms with van der Waals surface area (Å²) in [7, 11) is 0. The molecule has 3 fully saturated rings. The summed E-state index contributed by atoms with van der Waals surface area (Å²) in [6.07, 6.45) is 5.30. The van der Waals surface area contributed by atoms with Crippen molar-refractivity contribution >= 4 is 0 Å². The second-order valence-corrected chi connectivity index (χ2v) is 4.83. The predicted molar refractivity (Wildman–Crippen MR) is 50.7 cm³/mol. The normalized spacial score (nSPS) is 45.6. The molecule has 3 heteroatoms. The van der Waals surface area contributed by atoms with Crippen LogP contribution in [0.5, 0.6) is 0 Å². The lowest BCUT2D eigenvalue weighted by Crippen LogP contribution is -2.48. The van der Waals surface area contributed by atoms with Gasteiger partial charge < -0.3 is 14.6 Å². The van der Waals surface area contributed by atoms with Gasteiger partial charge in [-0.05, 0) is 31.6 Å². The molecule has 3 nitrogen and oxygen atoms in total. The largest absolute Gasteiger partial charge is 0.393 e. The Labute approximate surface area is 84.4 Å². The number of aliphatic hydroxyl groups excluding tert-OH is 1. The van der Waals surface area contributed by atoms with E-state index in [4.69, 9.17) is 9.47 Å². The lowest BCUT2D eigenvalue weighted by atomic mass is 9.76. The van der Waals surface area contributed by atoms with Crippen molar-refractivity contribution in [1.82, 2.24) is 0 Å². The average Bonchev–Trinajstić information content (AvgIpc) is 2.76. The lowest BCUT2D eigenvalue weighted by Gasteiger charge is -2.42. The molecule has 1 spiro atoms. The van der Waals surface area contributed by atoms with Crippen LogP contribution >= 0.6 is 0 Å². The van der Waals surface area contributed by atoms with Crippen molar-refractivity contribution in [3.05, 3.63) is 0 Å². The standard InChI is InChI=1S/C11H18O3/c12-9-4-3-8-2-1-5-11(10(8)9)13-6-7-14-11/h8-10,12H,1-7H2/t8-,9-,10-/m0/s1. The first kappa shape index (κ1) is 9.13. The summed E-state index contributed by atoms with van der Waals surface area (Å²) in [6, 6.07) is 0. The third-order valence-corrected chi connectivity index (χ3v) is 4.14.